The van der Waals surface area contributed by atoms with Crippen molar-refractivity contribution in [2.45, 2.75) is 46.0 Å². The Morgan fingerprint density at radius 1 is 1.12 bits per heavy atom. The maximum atomic E-state index is 13.4. The highest BCUT2D eigenvalue weighted by Gasteiger charge is 2.22. The monoisotopic (exact) mass is 340 g/mol. The maximum Gasteiger partial charge on any atom is 0.307 e. The highest BCUT2D eigenvalue weighted by Crippen LogP contribution is 2.39. The first-order valence-electron chi connectivity index (χ1n) is 8.56. The number of carbonyl (C=O) groups is 1. The molecule has 2 rings (SSSR count). The van der Waals surface area contributed by atoms with Gasteiger partial charge in [0.15, 0.2) is 0 Å². The van der Waals surface area contributed by atoms with Crippen LogP contribution in [0.1, 0.15) is 61.8 Å². The van der Waals surface area contributed by atoms with Gasteiger partial charge < -0.3 is 5.11 Å². The Morgan fingerprint density at radius 3 is 2.12 bits per heavy atom. The van der Waals surface area contributed by atoms with E-state index in [1.54, 1.807) is 18.2 Å². The number of carboxylic acids is 1. The number of rotatable bonds is 6. The summed E-state index contributed by atoms with van der Waals surface area (Å²) in [5.41, 5.74) is 5.54. The van der Waals surface area contributed by atoms with Gasteiger partial charge in [-0.15, -0.1) is 0 Å². The molecule has 1 N–H and O–H groups in total. The molecule has 0 aliphatic carbocycles. The molecule has 0 aliphatic heterocycles. The minimum atomic E-state index is -0.877. The molecule has 2 aromatic rings. The summed E-state index contributed by atoms with van der Waals surface area (Å²) in [7, 11) is 0. The molecule has 0 heterocycles. The lowest BCUT2D eigenvalue weighted by atomic mass is 9.80. The predicted molar refractivity (Wildman–Crippen MR) is 101 cm³/mol. The Kier molecular flexibility index (Phi) is 5.78. The predicted octanol–water partition coefficient (Wildman–Crippen LogP) is 6.01. The van der Waals surface area contributed by atoms with Crippen LogP contribution in [0.25, 0.3) is 17.2 Å². The molecule has 0 unspecified atom stereocenters. The van der Waals surface area contributed by atoms with E-state index >= 15 is 0 Å². The van der Waals surface area contributed by atoms with Crippen LogP contribution in [-0.2, 0) is 11.2 Å². The fraction of sp³-hybridized carbons (Fsp3) is 0.318. The second-order valence-corrected chi connectivity index (χ2v) is 6.91. The van der Waals surface area contributed by atoms with Crippen LogP contribution >= 0.6 is 0 Å². The summed E-state index contributed by atoms with van der Waals surface area (Å²) in [5, 5.41) is 9.44. The van der Waals surface area contributed by atoms with Crippen LogP contribution in [0.15, 0.2) is 36.9 Å². The summed E-state index contributed by atoms with van der Waals surface area (Å²) in [4.78, 5) is 11.5. The minimum Gasteiger partial charge on any atom is -0.481 e. The van der Waals surface area contributed by atoms with E-state index in [0.717, 1.165) is 33.4 Å². The van der Waals surface area contributed by atoms with Gasteiger partial charge >= 0.3 is 5.97 Å². The highest BCUT2D eigenvalue weighted by atomic mass is 19.1. The average Bonchev–Trinajstić information content (AvgIpc) is 2.54. The van der Waals surface area contributed by atoms with Crippen LogP contribution < -0.4 is 0 Å². The van der Waals surface area contributed by atoms with E-state index in [0.29, 0.717) is 0 Å². The molecule has 3 heteroatoms. The maximum absolute atomic E-state index is 13.4. The van der Waals surface area contributed by atoms with Gasteiger partial charge in [0.25, 0.3) is 0 Å². The zero-order valence-corrected chi connectivity index (χ0v) is 15.3. The lowest BCUT2D eigenvalue weighted by Gasteiger charge is -2.24. The molecule has 0 atom stereocenters. The first-order valence-corrected chi connectivity index (χ1v) is 8.56. The van der Waals surface area contributed by atoms with Gasteiger partial charge in [-0.3, -0.25) is 4.79 Å². The van der Waals surface area contributed by atoms with Crippen molar-refractivity contribution in [3.8, 4) is 11.1 Å². The standard InChI is InChI=1S/C22H25FO2/c1-6-17-18(13(2)3)11-19(14(4)5)20(12-21(24)25)22(17)15-7-9-16(23)10-8-15/h6-11,13-14H,1,12H2,2-5H3,(H,24,25). The third-order valence-corrected chi connectivity index (χ3v) is 4.45. The molecule has 0 aliphatic rings. The van der Waals surface area contributed by atoms with Crippen molar-refractivity contribution >= 4 is 12.0 Å². The summed E-state index contributed by atoms with van der Waals surface area (Å²) in [6.07, 6.45) is 1.71. The molecule has 25 heavy (non-hydrogen) atoms. The molecule has 0 fully saturated rings. The van der Waals surface area contributed by atoms with Gasteiger partial charge in [0.1, 0.15) is 5.82 Å². The molecule has 132 valence electrons. The van der Waals surface area contributed by atoms with E-state index < -0.39 is 5.97 Å². The topological polar surface area (TPSA) is 37.3 Å². The molecule has 0 amide bonds. The summed E-state index contributed by atoms with van der Waals surface area (Å²) >= 11 is 0. The molecule has 2 aromatic carbocycles. The molecular weight excluding hydrogens is 315 g/mol. The van der Waals surface area contributed by atoms with Gasteiger partial charge in [-0.1, -0.05) is 58.5 Å². The van der Waals surface area contributed by atoms with Crippen LogP contribution in [0.4, 0.5) is 4.39 Å². The number of halogens is 1. The van der Waals surface area contributed by atoms with Gasteiger partial charge in [0, 0.05) is 0 Å². The molecule has 0 aromatic heterocycles. The first-order chi connectivity index (χ1) is 11.8. The van der Waals surface area contributed by atoms with Gasteiger partial charge in [-0.2, -0.15) is 0 Å². The van der Waals surface area contributed by atoms with Gasteiger partial charge in [0.2, 0.25) is 0 Å². The van der Waals surface area contributed by atoms with Gasteiger partial charge in [-0.05, 0) is 57.3 Å². The Morgan fingerprint density at radius 2 is 1.68 bits per heavy atom. The smallest absolute Gasteiger partial charge is 0.307 e. The number of aliphatic carboxylic acids is 1. The van der Waals surface area contributed by atoms with Crippen molar-refractivity contribution in [1.82, 2.24) is 0 Å². The Bertz CT molecular complexity index is 787. The molecule has 0 saturated heterocycles. The van der Waals surface area contributed by atoms with Crippen molar-refractivity contribution in [3.05, 3.63) is 65.0 Å². The largest absolute Gasteiger partial charge is 0.481 e. The van der Waals surface area contributed by atoms with Crippen LogP contribution in [0.3, 0.4) is 0 Å². The number of hydrogen-bond donors (Lipinski definition) is 1. The third-order valence-electron chi connectivity index (χ3n) is 4.45. The van der Waals surface area contributed by atoms with E-state index in [2.05, 4.69) is 40.3 Å². The SMILES string of the molecule is C=Cc1c(C(C)C)cc(C(C)C)c(CC(=O)O)c1-c1ccc(F)cc1. The lowest BCUT2D eigenvalue weighted by molar-refractivity contribution is -0.136. The van der Waals surface area contributed by atoms with Gasteiger partial charge in [-0.25, -0.2) is 4.39 Å². The zero-order valence-electron chi connectivity index (χ0n) is 15.3. The minimum absolute atomic E-state index is 0.0700. The third kappa shape index (κ3) is 3.98. The Labute approximate surface area is 149 Å². The van der Waals surface area contributed by atoms with Crippen molar-refractivity contribution in [2.24, 2.45) is 0 Å². The van der Waals surface area contributed by atoms with Crippen molar-refractivity contribution < 1.29 is 14.3 Å². The van der Waals surface area contributed by atoms with E-state index in [4.69, 9.17) is 0 Å². The fourth-order valence-electron chi connectivity index (χ4n) is 3.28. The first kappa shape index (κ1) is 18.9. The second-order valence-electron chi connectivity index (χ2n) is 6.91. The zero-order chi connectivity index (χ0) is 18.7. The van der Waals surface area contributed by atoms with Crippen LogP contribution in [0.2, 0.25) is 0 Å². The van der Waals surface area contributed by atoms with E-state index in [9.17, 15) is 14.3 Å². The lowest BCUT2D eigenvalue weighted by Crippen LogP contribution is -2.10. The van der Waals surface area contributed by atoms with E-state index in [-0.39, 0.29) is 24.1 Å². The summed E-state index contributed by atoms with van der Waals surface area (Å²) in [6.45, 7) is 12.3. The Balaban J connectivity index is 2.93. The molecule has 0 bridgehead atoms. The van der Waals surface area contributed by atoms with Crippen LogP contribution in [-0.4, -0.2) is 11.1 Å². The van der Waals surface area contributed by atoms with Crippen molar-refractivity contribution in [3.63, 3.8) is 0 Å². The van der Waals surface area contributed by atoms with Gasteiger partial charge in [0.05, 0.1) is 6.42 Å². The average molecular weight is 340 g/mol. The van der Waals surface area contributed by atoms with Crippen LogP contribution in [0, 0.1) is 5.82 Å². The highest BCUT2D eigenvalue weighted by molar-refractivity contribution is 5.85. The molecular formula is C22H25FO2. The molecule has 0 spiro atoms. The quantitative estimate of drug-likeness (QED) is 0.699. The van der Waals surface area contributed by atoms with Crippen LogP contribution in [0.5, 0.6) is 0 Å². The molecule has 2 nitrogen and oxygen atoms in total. The second kappa shape index (κ2) is 7.64. The normalized spacial score (nSPS) is 11.2. The Hall–Kier alpha value is -2.42. The number of benzene rings is 2. The molecule has 0 radical (unpaired) electrons. The van der Waals surface area contributed by atoms with Crippen molar-refractivity contribution in [2.75, 3.05) is 0 Å². The number of hydrogen-bond acceptors (Lipinski definition) is 1. The van der Waals surface area contributed by atoms with E-state index in [1.807, 2.05) is 0 Å². The molecule has 0 saturated carbocycles. The summed E-state index contributed by atoms with van der Waals surface area (Å²) in [6, 6.07) is 8.33. The summed E-state index contributed by atoms with van der Waals surface area (Å²) < 4.78 is 13.4. The van der Waals surface area contributed by atoms with Crippen molar-refractivity contribution in [1.29, 1.82) is 0 Å². The number of carboxylic acid groups (broad SMARTS) is 1. The summed E-state index contributed by atoms with van der Waals surface area (Å²) in [5.74, 6) is -0.737. The van der Waals surface area contributed by atoms with E-state index in [1.165, 1.54) is 12.1 Å². The fourth-order valence-corrected chi connectivity index (χ4v) is 3.28.